The van der Waals surface area contributed by atoms with Gasteiger partial charge in [-0.05, 0) is 36.2 Å². The van der Waals surface area contributed by atoms with Gasteiger partial charge in [0.15, 0.2) is 0 Å². The van der Waals surface area contributed by atoms with Crippen molar-refractivity contribution in [3.63, 3.8) is 0 Å². The predicted molar refractivity (Wildman–Crippen MR) is 136 cm³/mol. The van der Waals surface area contributed by atoms with Gasteiger partial charge in [-0.15, -0.1) is 11.3 Å². The number of rotatable bonds is 7. The Labute approximate surface area is 203 Å². The van der Waals surface area contributed by atoms with Gasteiger partial charge in [-0.25, -0.2) is 4.79 Å². The number of thiophene rings is 1. The molecule has 178 valence electrons. The molecule has 3 aromatic rings. The summed E-state index contributed by atoms with van der Waals surface area (Å²) in [6, 6.07) is 15.8. The molecule has 1 N–H and O–H groups in total. The van der Waals surface area contributed by atoms with Crippen molar-refractivity contribution in [3.05, 3.63) is 65.0 Å². The Kier molecular flexibility index (Phi) is 7.49. The summed E-state index contributed by atoms with van der Waals surface area (Å²) in [6.07, 6.45) is 0. The fourth-order valence-corrected chi connectivity index (χ4v) is 5.15. The fourth-order valence-electron chi connectivity index (χ4n) is 4.17. The zero-order chi connectivity index (χ0) is 24.1. The number of anilines is 2. The third-order valence-corrected chi connectivity index (χ3v) is 6.93. The Hall–Kier alpha value is -3.36. The second-order valence-electron chi connectivity index (χ2n) is 8.17. The van der Waals surface area contributed by atoms with Crippen molar-refractivity contribution in [1.29, 1.82) is 0 Å². The number of amides is 1. The van der Waals surface area contributed by atoms with E-state index in [0.29, 0.717) is 10.6 Å². The van der Waals surface area contributed by atoms with Crippen LogP contribution in [0.1, 0.15) is 15.9 Å². The zero-order valence-corrected chi connectivity index (χ0v) is 20.5. The van der Waals surface area contributed by atoms with Crippen molar-refractivity contribution >= 4 is 33.9 Å². The molecule has 1 amide bonds. The SMILES string of the molecule is COC(=O)c1c(-c2ccc(OC)cc2)csc1NC(=O)CN1CCN(c2ccccc2C)CC1. The molecule has 1 aliphatic rings. The number of para-hydroxylation sites is 1. The Balaban J connectivity index is 1.41. The highest BCUT2D eigenvalue weighted by Crippen LogP contribution is 2.36. The van der Waals surface area contributed by atoms with Crippen LogP contribution in [0.5, 0.6) is 5.75 Å². The Morgan fingerprint density at radius 2 is 1.71 bits per heavy atom. The number of benzene rings is 2. The molecule has 2 heterocycles. The summed E-state index contributed by atoms with van der Waals surface area (Å²) in [6.45, 7) is 5.73. The molecule has 1 aliphatic heterocycles. The lowest BCUT2D eigenvalue weighted by Crippen LogP contribution is -2.48. The quantitative estimate of drug-likeness (QED) is 0.510. The minimum atomic E-state index is -0.478. The van der Waals surface area contributed by atoms with Gasteiger partial charge in [0.25, 0.3) is 0 Å². The minimum Gasteiger partial charge on any atom is -0.497 e. The number of ether oxygens (including phenoxy) is 2. The fraction of sp³-hybridized carbons (Fsp3) is 0.308. The number of piperazine rings is 1. The van der Waals surface area contributed by atoms with E-state index < -0.39 is 5.97 Å². The van der Waals surface area contributed by atoms with E-state index in [2.05, 4.69) is 40.2 Å². The number of aryl methyl sites for hydroxylation is 1. The number of carbonyl (C=O) groups excluding carboxylic acids is 2. The van der Waals surface area contributed by atoms with Crippen molar-refractivity contribution in [2.45, 2.75) is 6.92 Å². The summed E-state index contributed by atoms with van der Waals surface area (Å²) < 4.78 is 10.2. The number of hydrogen-bond acceptors (Lipinski definition) is 7. The number of nitrogens with zero attached hydrogens (tertiary/aromatic N) is 2. The number of esters is 1. The van der Waals surface area contributed by atoms with Crippen LogP contribution >= 0.6 is 11.3 Å². The van der Waals surface area contributed by atoms with E-state index >= 15 is 0 Å². The van der Waals surface area contributed by atoms with Crippen molar-refractivity contribution in [1.82, 2.24) is 4.90 Å². The highest BCUT2D eigenvalue weighted by Gasteiger charge is 2.24. The monoisotopic (exact) mass is 479 g/mol. The van der Waals surface area contributed by atoms with Crippen LogP contribution in [-0.2, 0) is 9.53 Å². The zero-order valence-electron chi connectivity index (χ0n) is 19.7. The highest BCUT2D eigenvalue weighted by atomic mass is 32.1. The molecule has 1 fully saturated rings. The molecule has 0 saturated carbocycles. The molecule has 4 rings (SSSR count). The maximum atomic E-state index is 12.9. The van der Waals surface area contributed by atoms with E-state index in [1.54, 1.807) is 7.11 Å². The molecule has 0 unspecified atom stereocenters. The van der Waals surface area contributed by atoms with E-state index in [4.69, 9.17) is 9.47 Å². The summed E-state index contributed by atoms with van der Waals surface area (Å²) in [4.78, 5) is 29.9. The van der Waals surface area contributed by atoms with Gasteiger partial charge in [-0.3, -0.25) is 9.69 Å². The van der Waals surface area contributed by atoms with Crippen molar-refractivity contribution in [3.8, 4) is 16.9 Å². The normalized spacial score (nSPS) is 14.0. The van der Waals surface area contributed by atoms with Crippen LogP contribution in [0.15, 0.2) is 53.9 Å². The van der Waals surface area contributed by atoms with Gasteiger partial charge in [0.1, 0.15) is 16.3 Å². The molecule has 0 atom stereocenters. The third kappa shape index (κ3) is 5.24. The Morgan fingerprint density at radius 1 is 1.00 bits per heavy atom. The second-order valence-corrected chi connectivity index (χ2v) is 9.05. The van der Waals surface area contributed by atoms with E-state index in [-0.39, 0.29) is 12.5 Å². The highest BCUT2D eigenvalue weighted by molar-refractivity contribution is 7.15. The molecule has 0 aliphatic carbocycles. The summed E-state index contributed by atoms with van der Waals surface area (Å²) >= 11 is 1.32. The van der Waals surface area contributed by atoms with Gasteiger partial charge in [0.2, 0.25) is 5.91 Å². The van der Waals surface area contributed by atoms with Gasteiger partial charge in [-0.2, -0.15) is 0 Å². The van der Waals surface area contributed by atoms with E-state index in [9.17, 15) is 9.59 Å². The Morgan fingerprint density at radius 3 is 2.35 bits per heavy atom. The summed E-state index contributed by atoms with van der Waals surface area (Å²) in [5, 5.41) is 5.30. The van der Waals surface area contributed by atoms with Crippen LogP contribution in [0, 0.1) is 6.92 Å². The summed E-state index contributed by atoms with van der Waals surface area (Å²) in [7, 11) is 2.95. The minimum absolute atomic E-state index is 0.141. The lowest BCUT2D eigenvalue weighted by atomic mass is 10.0. The molecule has 34 heavy (non-hydrogen) atoms. The van der Waals surface area contributed by atoms with Crippen LogP contribution in [0.3, 0.4) is 0 Å². The van der Waals surface area contributed by atoms with E-state index in [1.807, 2.05) is 35.7 Å². The molecule has 0 bridgehead atoms. The van der Waals surface area contributed by atoms with Crippen LogP contribution in [0.2, 0.25) is 0 Å². The van der Waals surface area contributed by atoms with Crippen molar-refractivity contribution < 1.29 is 19.1 Å². The molecule has 7 nitrogen and oxygen atoms in total. The molecule has 8 heteroatoms. The largest absolute Gasteiger partial charge is 0.497 e. The molecule has 1 aromatic heterocycles. The first-order chi connectivity index (χ1) is 16.5. The second kappa shape index (κ2) is 10.7. The molecule has 0 radical (unpaired) electrons. The van der Waals surface area contributed by atoms with Crippen LogP contribution in [0.25, 0.3) is 11.1 Å². The van der Waals surface area contributed by atoms with Crippen molar-refractivity contribution in [2.75, 3.05) is 57.2 Å². The predicted octanol–water partition coefficient (Wildman–Crippen LogP) is 4.28. The molecule has 1 saturated heterocycles. The van der Waals surface area contributed by atoms with Gasteiger partial charge < -0.3 is 19.7 Å². The lowest BCUT2D eigenvalue weighted by Gasteiger charge is -2.36. The smallest absolute Gasteiger partial charge is 0.341 e. The van der Waals surface area contributed by atoms with Gasteiger partial charge >= 0.3 is 5.97 Å². The first kappa shape index (κ1) is 23.8. The van der Waals surface area contributed by atoms with E-state index in [1.165, 1.54) is 29.7 Å². The average molecular weight is 480 g/mol. The summed E-state index contributed by atoms with van der Waals surface area (Å²) in [5.74, 6) is 0.112. The first-order valence-corrected chi connectivity index (χ1v) is 12.0. The van der Waals surface area contributed by atoms with Crippen LogP contribution in [-0.4, -0.2) is 63.7 Å². The first-order valence-electron chi connectivity index (χ1n) is 11.2. The van der Waals surface area contributed by atoms with Gasteiger partial charge in [0.05, 0.1) is 20.8 Å². The third-order valence-electron chi connectivity index (χ3n) is 6.03. The molecule has 0 spiro atoms. The van der Waals surface area contributed by atoms with Gasteiger partial charge in [-0.1, -0.05) is 30.3 Å². The Bertz CT molecular complexity index is 1150. The standard InChI is InChI=1S/C26H29N3O4S/c1-18-6-4-5-7-22(18)29-14-12-28(13-15-29)16-23(30)27-25-24(26(31)33-3)21(17-34-25)19-8-10-20(32-2)11-9-19/h4-11,17H,12-16H2,1-3H3,(H,27,30). The van der Waals surface area contributed by atoms with Crippen molar-refractivity contribution in [2.24, 2.45) is 0 Å². The van der Waals surface area contributed by atoms with Crippen LogP contribution < -0.4 is 15.0 Å². The lowest BCUT2D eigenvalue weighted by molar-refractivity contribution is -0.117. The molecular weight excluding hydrogens is 450 g/mol. The number of hydrogen-bond donors (Lipinski definition) is 1. The molecule has 2 aromatic carbocycles. The number of carbonyl (C=O) groups is 2. The molecular formula is C26H29N3O4S. The van der Waals surface area contributed by atoms with Gasteiger partial charge in [0, 0.05) is 42.8 Å². The number of nitrogens with one attached hydrogen (secondary N) is 1. The maximum Gasteiger partial charge on any atom is 0.341 e. The maximum absolute atomic E-state index is 12.9. The van der Waals surface area contributed by atoms with Crippen LogP contribution in [0.4, 0.5) is 10.7 Å². The summed E-state index contributed by atoms with van der Waals surface area (Å²) in [5.41, 5.74) is 4.45. The topological polar surface area (TPSA) is 71.1 Å². The number of methoxy groups -OCH3 is 2. The van der Waals surface area contributed by atoms with E-state index in [0.717, 1.165) is 43.1 Å². The average Bonchev–Trinajstić information content (AvgIpc) is 3.27.